The van der Waals surface area contributed by atoms with Crippen LogP contribution in [0, 0.1) is 0 Å². The molecule has 0 fully saturated rings. The third-order valence-corrected chi connectivity index (χ3v) is 1.88. The van der Waals surface area contributed by atoms with Crippen LogP contribution in [0.5, 0.6) is 0 Å². The van der Waals surface area contributed by atoms with E-state index in [1.54, 1.807) is 0 Å². The summed E-state index contributed by atoms with van der Waals surface area (Å²) in [5.41, 5.74) is 12.7. The molecular formula is C9H10N4O. The van der Waals surface area contributed by atoms with Gasteiger partial charge in [-0.05, 0) is 22.9 Å². The van der Waals surface area contributed by atoms with Gasteiger partial charge < -0.3 is 16.0 Å². The largest absolute Gasteiger partial charge is 0.365 e. The van der Waals surface area contributed by atoms with E-state index in [4.69, 9.17) is 16.0 Å². The standard InChI is InChI=1S/C9H10N4O/c10-5-6-1-3-7(4-2-6)8-12-9(11)13-14-8/h1-4H,5,10H2,(H2,11,13). The number of nitrogen functional groups attached to an aromatic ring is 1. The SMILES string of the molecule is NCc1ccc(-c2nc(N)no2)cc1. The van der Waals surface area contributed by atoms with Crippen molar-refractivity contribution in [3.05, 3.63) is 29.8 Å². The van der Waals surface area contributed by atoms with E-state index in [9.17, 15) is 0 Å². The Labute approximate surface area is 80.7 Å². The molecule has 0 radical (unpaired) electrons. The monoisotopic (exact) mass is 190 g/mol. The Morgan fingerprint density at radius 2 is 1.93 bits per heavy atom. The molecule has 0 bridgehead atoms. The molecule has 0 unspecified atom stereocenters. The summed E-state index contributed by atoms with van der Waals surface area (Å²) in [7, 11) is 0. The summed E-state index contributed by atoms with van der Waals surface area (Å²) >= 11 is 0. The van der Waals surface area contributed by atoms with Crippen molar-refractivity contribution in [2.45, 2.75) is 6.54 Å². The summed E-state index contributed by atoms with van der Waals surface area (Å²) in [5, 5.41) is 3.50. The first-order valence-electron chi connectivity index (χ1n) is 4.18. The van der Waals surface area contributed by atoms with Crippen molar-refractivity contribution in [1.82, 2.24) is 10.1 Å². The van der Waals surface area contributed by atoms with Gasteiger partial charge in [-0.1, -0.05) is 12.1 Å². The van der Waals surface area contributed by atoms with Crippen LogP contribution in [0.15, 0.2) is 28.8 Å². The zero-order chi connectivity index (χ0) is 9.97. The van der Waals surface area contributed by atoms with Gasteiger partial charge >= 0.3 is 0 Å². The Bertz CT molecular complexity index is 421. The molecule has 4 N–H and O–H groups in total. The molecule has 5 heteroatoms. The predicted molar refractivity (Wildman–Crippen MR) is 52.0 cm³/mol. The van der Waals surface area contributed by atoms with Crippen molar-refractivity contribution < 1.29 is 4.52 Å². The summed E-state index contributed by atoms with van der Waals surface area (Å²) in [6.07, 6.45) is 0. The van der Waals surface area contributed by atoms with E-state index in [1.165, 1.54) is 0 Å². The van der Waals surface area contributed by atoms with E-state index in [1.807, 2.05) is 24.3 Å². The third kappa shape index (κ3) is 1.57. The molecule has 1 heterocycles. The number of anilines is 1. The van der Waals surface area contributed by atoms with Gasteiger partial charge in [0.15, 0.2) is 0 Å². The summed E-state index contributed by atoms with van der Waals surface area (Å²) in [6, 6.07) is 7.57. The minimum absolute atomic E-state index is 0.142. The normalized spacial score (nSPS) is 10.4. The molecule has 0 aliphatic carbocycles. The van der Waals surface area contributed by atoms with Crippen molar-refractivity contribution in [2.24, 2.45) is 5.73 Å². The van der Waals surface area contributed by atoms with Crippen LogP contribution < -0.4 is 11.5 Å². The van der Waals surface area contributed by atoms with Gasteiger partial charge in [0.05, 0.1) is 0 Å². The van der Waals surface area contributed by atoms with Crippen LogP contribution in [0.4, 0.5) is 5.95 Å². The highest BCUT2D eigenvalue weighted by Gasteiger charge is 2.05. The first-order chi connectivity index (χ1) is 6.79. The minimum Gasteiger partial charge on any atom is -0.365 e. The van der Waals surface area contributed by atoms with E-state index in [0.29, 0.717) is 12.4 Å². The van der Waals surface area contributed by atoms with Gasteiger partial charge in [-0.25, -0.2) is 0 Å². The number of rotatable bonds is 2. The number of aromatic nitrogens is 2. The third-order valence-electron chi connectivity index (χ3n) is 1.88. The van der Waals surface area contributed by atoms with Crippen LogP contribution in [0.1, 0.15) is 5.56 Å². The van der Waals surface area contributed by atoms with Crippen LogP contribution in [-0.2, 0) is 6.54 Å². The van der Waals surface area contributed by atoms with Gasteiger partial charge in [-0.15, -0.1) is 0 Å². The first-order valence-corrected chi connectivity index (χ1v) is 4.18. The van der Waals surface area contributed by atoms with Crippen LogP contribution in [0.3, 0.4) is 0 Å². The van der Waals surface area contributed by atoms with E-state index < -0.39 is 0 Å². The zero-order valence-corrected chi connectivity index (χ0v) is 7.47. The molecule has 5 nitrogen and oxygen atoms in total. The molecule has 2 aromatic rings. The van der Waals surface area contributed by atoms with Gasteiger partial charge in [0.2, 0.25) is 0 Å². The molecule has 0 aliphatic heterocycles. The molecule has 1 aromatic heterocycles. The lowest BCUT2D eigenvalue weighted by molar-refractivity contribution is 0.433. The van der Waals surface area contributed by atoms with Crippen LogP contribution in [-0.4, -0.2) is 10.1 Å². The Hall–Kier alpha value is -1.88. The average Bonchev–Trinajstić information content (AvgIpc) is 2.65. The Morgan fingerprint density at radius 3 is 2.43 bits per heavy atom. The Morgan fingerprint density at radius 1 is 1.21 bits per heavy atom. The fraction of sp³-hybridized carbons (Fsp3) is 0.111. The summed E-state index contributed by atoms with van der Waals surface area (Å²) in [4.78, 5) is 3.91. The van der Waals surface area contributed by atoms with Crippen LogP contribution in [0.25, 0.3) is 11.5 Å². The number of nitrogens with two attached hydrogens (primary N) is 2. The molecule has 0 saturated carbocycles. The van der Waals surface area contributed by atoms with Gasteiger partial charge in [-0.2, -0.15) is 4.98 Å². The molecule has 14 heavy (non-hydrogen) atoms. The smallest absolute Gasteiger partial charge is 0.261 e. The van der Waals surface area contributed by atoms with Crippen molar-refractivity contribution >= 4 is 5.95 Å². The van der Waals surface area contributed by atoms with E-state index in [2.05, 4.69) is 10.1 Å². The predicted octanol–water partition coefficient (Wildman–Crippen LogP) is 0.778. The molecule has 0 spiro atoms. The molecule has 0 saturated heterocycles. The van der Waals surface area contributed by atoms with Crippen LogP contribution >= 0.6 is 0 Å². The number of hydrogen-bond donors (Lipinski definition) is 2. The van der Waals surface area contributed by atoms with E-state index in [0.717, 1.165) is 11.1 Å². The van der Waals surface area contributed by atoms with Gasteiger partial charge in [0.25, 0.3) is 11.8 Å². The second-order valence-corrected chi connectivity index (χ2v) is 2.86. The maximum absolute atomic E-state index is 5.47. The van der Waals surface area contributed by atoms with E-state index >= 15 is 0 Å². The maximum Gasteiger partial charge on any atom is 0.261 e. The van der Waals surface area contributed by atoms with Crippen molar-refractivity contribution in [3.63, 3.8) is 0 Å². The molecule has 0 amide bonds. The fourth-order valence-corrected chi connectivity index (χ4v) is 1.14. The number of hydrogen-bond acceptors (Lipinski definition) is 5. The zero-order valence-electron chi connectivity index (χ0n) is 7.47. The fourth-order valence-electron chi connectivity index (χ4n) is 1.14. The minimum atomic E-state index is 0.142. The van der Waals surface area contributed by atoms with E-state index in [-0.39, 0.29) is 5.95 Å². The second kappa shape index (κ2) is 3.47. The summed E-state index contributed by atoms with van der Waals surface area (Å²) < 4.78 is 4.91. The molecule has 2 rings (SSSR count). The molecule has 72 valence electrons. The molecule has 0 aliphatic rings. The molecule has 1 aromatic carbocycles. The summed E-state index contributed by atoms with van der Waals surface area (Å²) in [5.74, 6) is 0.564. The van der Waals surface area contributed by atoms with Crippen molar-refractivity contribution in [2.75, 3.05) is 5.73 Å². The van der Waals surface area contributed by atoms with Gasteiger partial charge in [-0.3, -0.25) is 0 Å². The Balaban J connectivity index is 2.33. The first kappa shape index (κ1) is 8.71. The number of benzene rings is 1. The number of nitrogens with zero attached hydrogens (tertiary/aromatic N) is 2. The molecular weight excluding hydrogens is 180 g/mol. The van der Waals surface area contributed by atoms with Crippen molar-refractivity contribution in [1.29, 1.82) is 0 Å². The highest BCUT2D eigenvalue weighted by atomic mass is 16.5. The lowest BCUT2D eigenvalue weighted by atomic mass is 10.1. The highest BCUT2D eigenvalue weighted by molar-refractivity contribution is 5.54. The average molecular weight is 190 g/mol. The second-order valence-electron chi connectivity index (χ2n) is 2.86. The highest BCUT2D eigenvalue weighted by Crippen LogP contribution is 2.17. The quantitative estimate of drug-likeness (QED) is 0.730. The molecule has 0 atom stereocenters. The Kier molecular flexibility index (Phi) is 2.16. The summed E-state index contributed by atoms with van der Waals surface area (Å²) in [6.45, 7) is 0.520. The lowest BCUT2D eigenvalue weighted by Crippen LogP contribution is -1.95. The van der Waals surface area contributed by atoms with Gasteiger partial charge in [0, 0.05) is 12.1 Å². The van der Waals surface area contributed by atoms with Crippen LogP contribution in [0.2, 0.25) is 0 Å². The topological polar surface area (TPSA) is 91.0 Å². The maximum atomic E-state index is 5.47. The van der Waals surface area contributed by atoms with Gasteiger partial charge in [0.1, 0.15) is 0 Å². The lowest BCUT2D eigenvalue weighted by Gasteiger charge is -1.96. The van der Waals surface area contributed by atoms with Crippen molar-refractivity contribution in [3.8, 4) is 11.5 Å².